The number of rotatable bonds is 0. The molecule has 2 aromatic rings. The van der Waals surface area contributed by atoms with Crippen molar-refractivity contribution in [1.82, 2.24) is 20.9 Å². The Morgan fingerprint density at radius 3 is 1.54 bits per heavy atom. The van der Waals surface area contributed by atoms with Crippen LogP contribution in [0, 0.1) is 22.7 Å². The smallest absolute Gasteiger partial charge is 0.139 e. The first-order chi connectivity index (χ1) is 12.8. The van der Waals surface area contributed by atoms with Gasteiger partial charge in [-0.1, -0.05) is 48.5 Å². The minimum Gasteiger partial charge on any atom is -0.273 e. The summed E-state index contributed by atoms with van der Waals surface area (Å²) in [5, 5.41) is 23.0. The van der Waals surface area contributed by atoms with Crippen molar-refractivity contribution in [2.75, 3.05) is 0 Å². The first kappa shape index (κ1) is 14.7. The molecule has 0 saturated carbocycles. The van der Waals surface area contributed by atoms with Gasteiger partial charge in [0.15, 0.2) is 0 Å². The highest BCUT2D eigenvalue weighted by atomic mass is 15.8. The van der Waals surface area contributed by atoms with E-state index in [-0.39, 0.29) is 12.3 Å². The molecular formula is C20H14N6. The maximum Gasteiger partial charge on any atom is 0.139 e. The summed E-state index contributed by atoms with van der Waals surface area (Å²) in [5.74, 6) is 0. The molecule has 1 fully saturated rings. The lowest BCUT2D eigenvalue weighted by atomic mass is 9.97. The number of hydrogen-bond acceptors (Lipinski definition) is 6. The van der Waals surface area contributed by atoms with Crippen molar-refractivity contribution in [3.8, 4) is 12.1 Å². The third kappa shape index (κ3) is 1.98. The quantitative estimate of drug-likeness (QED) is 0.769. The summed E-state index contributed by atoms with van der Waals surface area (Å²) in [6.07, 6.45) is 3.21. The van der Waals surface area contributed by atoms with Crippen LogP contribution in [0.15, 0.2) is 59.9 Å². The van der Waals surface area contributed by atoms with E-state index in [1.54, 1.807) is 0 Å². The molecule has 5 rings (SSSR count). The molecule has 0 aliphatic carbocycles. The van der Waals surface area contributed by atoms with Gasteiger partial charge in [0.25, 0.3) is 0 Å². The Kier molecular flexibility index (Phi) is 3.10. The average Bonchev–Trinajstić information content (AvgIpc) is 2.71. The SMILES string of the molecule is N#CC1=Cc2ccccc2[C@H]2NN3C(C#N)=Cc4ccccc4[C@H]3NN12. The third-order valence-electron chi connectivity index (χ3n) is 4.95. The lowest BCUT2D eigenvalue weighted by Crippen LogP contribution is -2.63. The fourth-order valence-corrected chi connectivity index (χ4v) is 3.75. The maximum absolute atomic E-state index is 9.64. The summed E-state index contributed by atoms with van der Waals surface area (Å²) >= 11 is 0. The molecule has 0 amide bonds. The monoisotopic (exact) mass is 338 g/mol. The number of nitriles is 2. The summed E-state index contributed by atoms with van der Waals surface area (Å²) in [6, 6.07) is 20.4. The van der Waals surface area contributed by atoms with Gasteiger partial charge in [-0.25, -0.2) is 10.9 Å². The molecule has 2 N–H and O–H groups in total. The number of fused-ring (bicyclic) bond motifs is 6. The lowest BCUT2D eigenvalue weighted by Gasteiger charge is -2.51. The molecule has 0 unspecified atom stereocenters. The van der Waals surface area contributed by atoms with E-state index in [1.165, 1.54) is 0 Å². The van der Waals surface area contributed by atoms with Crippen LogP contribution < -0.4 is 10.9 Å². The van der Waals surface area contributed by atoms with Crippen LogP contribution in [0.3, 0.4) is 0 Å². The van der Waals surface area contributed by atoms with Gasteiger partial charge in [-0.05, 0) is 34.4 Å². The number of hydrazine groups is 2. The van der Waals surface area contributed by atoms with Crippen LogP contribution in [-0.4, -0.2) is 10.0 Å². The second-order valence-corrected chi connectivity index (χ2v) is 6.34. The zero-order chi connectivity index (χ0) is 17.7. The first-order valence-electron chi connectivity index (χ1n) is 8.32. The molecule has 124 valence electrons. The van der Waals surface area contributed by atoms with Gasteiger partial charge >= 0.3 is 0 Å². The van der Waals surface area contributed by atoms with Crippen LogP contribution in [-0.2, 0) is 0 Å². The molecule has 6 heteroatoms. The van der Waals surface area contributed by atoms with Crippen LogP contribution in [0.1, 0.15) is 34.6 Å². The van der Waals surface area contributed by atoms with E-state index in [4.69, 9.17) is 0 Å². The minimum absolute atomic E-state index is 0.274. The molecule has 0 aromatic heterocycles. The summed E-state index contributed by atoms with van der Waals surface area (Å²) in [4.78, 5) is 0. The predicted molar refractivity (Wildman–Crippen MR) is 95.5 cm³/mol. The normalized spacial score (nSPS) is 22.5. The van der Waals surface area contributed by atoms with E-state index in [2.05, 4.69) is 23.0 Å². The minimum atomic E-state index is -0.274. The molecule has 26 heavy (non-hydrogen) atoms. The number of hydrogen-bond donors (Lipinski definition) is 2. The van der Waals surface area contributed by atoms with Gasteiger partial charge in [-0.15, -0.1) is 0 Å². The Balaban J connectivity index is 1.65. The van der Waals surface area contributed by atoms with E-state index >= 15 is 0 Å². The fourth-order valence-electron chi connectivity index (χ4n) is 3.75. The Hall–Kier alpha value is -3.58. The molecule has 0 spiro atoms. The second kappa shape index (κ2) is 5.47. The van der Waals surface area contributed by atoms with Gasteiger partial charge in [-0.2, -0.15) is 10.5 Å². The van der Waals surface area contributed by atoms with E-state index < -0.39 is 0 Å². The molecule has 3 heterocycles. The van der Waals surface area contributed by atoms with Crippen LogP contribution in [0.5, 0.6) is 0 Å². The van der Waals surface area contributed by atoms with Gasteiger partial charge in [0.2, 0.25) is 0 Å². The van der Waals surface area contributed by atoms with Gasteiger partial charge in [0, 0.05) is 0 Å². The molecule has 6 nitrogen and oxygen atoms in total. The number of allylic oxidation sites excluding steroid dienone is 2. The van der Waals surface area contributed by atoms with Crippen LogP contribution in [0.2, 0.25) is 0 Å². The molecule has 0 bridgehead atoms. The maximum atomic E-state index is 9.64. The Bertz CT molecular complexity index is 969. The van der Waals surface area contributed by atoms with E-state index in [0.29, 0.717) is 11.4 Å². The molecule has 2 aromatic carbocycles. The number of nitrogens with zero attached hydrogens (tertiary/aromatic N) is 4. The predicted octanol–water partition coefficient (Wildman–Crippen LogP) is 2.77. The molecule has 0 radical (unpaired) electrons. The highest BCUT2D eigenvalue weighted by molar-refractivity contribution is 5.65. The second-order valence-electron chi connectivity index (χ2n) is 6.34. The van der Waals surface area contributed by atoms with E-state index in [0.717, 1.165) is 22.3 Å². The van der Waals surface area contributed by atoms with Crippen molar-refractivity contribution in [3.63, 3.8) is 0 Å². The molecule has 3 aliphatic rings. The number of nitrogens with one attached hydrogen (secondary N) is 2. The largest absolute Gasteiger partial charge is 0.273 e. The molecule has 3 aliphatic heterocycles. The van der Waals surface area contributed by atoms with Crippen LogP contribution >= 0.6 is 0 Å². The molecule has 1 saturated heterocycles. The Morgan fingerprint density at radius 2 is 1.12 bits per heavy atom. The standard InChI is InChI=1S/C20H14N6/c21-11-15-9-13-5-1-3-7-17(13)19-23-26-16(12-22)10-14-6-2-4-8-18(14)20(26)24-25(15)19/h1-10,19-20,23-24H/t19-,20-/m0/s1. The average molecular weight is 338 g/mol. The first-order valence-corrected chi connectivity index (χ1v) is 8.32. The number of benzene rings is 2. The summed E-state index contributed by atoms with van der Waals surface area (Å²) in [6.45, 7) is 0. The van der Waals surface area contributed by atoms with Gasteiger partial charge in [0.05, 0.1) is 0 Å². The van der Waals surface area contributed by atoms with Crippen molar-refractivity contribution in [2.24, 2.45) is 0 Å². The zero-order valence-electron chi connectivity index (χ0n) is 13.7. The summed E-state index contributed by atoms with van der Waals surface area (Å²) in [5.41, 5.74) is 12.0. The van der Waals surface area contributed by atoms with Gasteiger partial charge < -0.3 is 0 Å². The summed E-state index contributed by atoms with van der Waals surface area (Å²) < 4.78 is 0. The zero-order valence-corrected chi connectivity index (χ0v) is 13.7. The van der Waals surface area contributed by atoms with Crippen molar-refractivity contribution in [1.29, 1.82) is 10.5 Å². The highest BCUT2D eigenvalue weighted by Gasteiger charge is 2.41. The van der Waals surface area contributed by atoms with Crippen molar-refractivity contribution < 1.29 is 0 Å². The lowest BCUT2D eigenvalue weighted by molar-refractivity contribution is -0.0532. The van der Waals surface area contributed by atoms with Crippen LogP contribution in [0.25, 0.3) is 12.2 Å². The third-order valence-corrected chi connectivity index (χ3v) is 4.95. The van der Waals surface area contributed by atoms with Crippen molar-refractivity contribution in [3.05, 3.63) is 82.2 Å². The molecule has 2 atom stereocenters. The Labute approximate surface area is 150 Å². The van der Waals surface area contributed by atoms with Crippen molar-refractivity contribution in [2.45, 2.75) is 12.3 Å². The van der Waals surface area contributed by atoms with Gasteiger partial charge in [0.1, 0.15) is 35.9 Å². The van der Waals surface area contributed by atoms with Gasteiger partial charge in [-0.3, -0.25) is 10.0 Å². The van der Waals surface area contributed by atoms with E-state index in [1.807, 2.05) is 70.7 Å². The highest BCUT2D eigenvalue weighted by Crippen LogP contribution is 2.40. The van der Waals surface area contributed by atoms with Crippen molar-refractivity contribution >= 4 is 12.2 Å². The summed E-state index contributed by atoms with van der Waals surface area (Å²) in [7, 11) is 0. The topological polar surface area (TPSA) is 78.1 Å². The van der Waals surface area contributed by atoms with Crippen LogP contribution in [0.4, 0.5) is 0 Å². The fraction of sp³-hybridized carbons (Fsp3) is 0.100. The Morgan fingerprint density at radius 1 is 0.692 bits per heavy atom. The van der Waals surface area contributed by atoms with E-state index in [9.17, 15) is 10.5 Å². The molecular weight excluding hydrogens is 324 g/mol.